The van der Waals surface area contributed by atoms with Gasteiger partial charge in [-0.15, -0.1) is 0 Å². The molecule has 0 saturated carbocycles. The highest BCUT2D eigenvalue weighted by atomic mass is 19.3. The van der Waals surface area contributed by atoms with Crippen molar-refractivity contribution in [2.75, 3.05) is 13.7 Å². The van der Waals surface area contributed by atoms with E-state index in [-0.39, 0.29) is 29.8 Å². The summed E-state index contributed by atoms with van der Waals surface area (Å²) in [7, 11) is 1.34. The van der Waals surface area contributed by atoms with Crippen molar-refractivity contribution >= 4 is 5.97 Å². The minimum absolute atomic E-state index is 0.0521. The van der Waals surface area contributed by atoms with Gasteiger partial charge in [-0.25, -0.2) is 0 Å². The molecule has 1 N–H and O–H groups in total. The van der Waals surface area contributed by atoms with Gasteiger partial charge in [0.25, 0.3) is 0 Å². The summed E-state index contributed by atoms with van der Waals surface area (Å²) in [5, 5.41) is 12.9. The number of hydrogen-bond acceptors (Lipinski definition) is 7. The van der Waals surface area contributed by atoms with Crippen molar-refractivity contribution in [2.24, 2.45) is 0 Å². The van der Waals surface area contributed by atoms with Gasteiger partial charge in [-0.3, -0.25) is 9.69 Å². The summed E-state index contributed by atoms with van der Waals surface area (Å²) >= 11 is 0. The molecule has 1 aromatic carbocycles. The van der Waals surface area contributed by atoms with Crippen LogP contribution in [0.2, 0.25) is 0 Å². The van der Waals surface area contributed by atoms with Crippen LogP contribution in [0.15, 0.2) is 22.7 Å². The number of carboxylic acids is 1. The van der Waals surface area contributed by atoms with Gasteiger partial charge in [0.2, 0.25) is 11.7 Å². The van der Waals surface area contributed by atoms with Crippen molar-refractivity contribution < 1.29 is 32.7 Å². The highest BCUT2D eigenvalue weighted by Gasteiger charge is 2.28. The number of likely N-dealkylation sites (tertiary alicyclic amines) is 1. The Morgan fingerprint density at radius 3 is 2.96 bits per heavy atom. The first-order valence-electron chi connectivity index (χ1n) is 8.38. The lowest BCUT2D eigenvalue weighted by Crippen LogP contribution is -2.30. The summed E-state index contributed by atoms with van der Waals surface area (Å²) in [5.41, 5.74) is 0.520. The number of alkyl halides is 2. The van der Waals surface area contributed by atoms with E-state index in [0.29, 0.717) is 18.0 Å². The molecule has 1 fully saturated rings. The summed E-state index contributed by atoms with van der Waals surface area (Å²) < 4.78 is 39.5. The largest absolute Gasteiger partial charge is 0.493 e. The van der Waals surface area contributed by atoms with E-state index in [0.717, 1.165) is 19.4 Å². The Bertz CT molecular complexity index is 799. The van der Waals surface area contributed by atoms with Crippen LogP contribution in [0.4, 0.5) is 8.78 Å². The molecule has 146 valence electrons. The van der Waals surface area contributed by atoms with Crippen LogP contribution in [0.1, 0.15) is 25.2 Å². The molecule has 0 bridgehead atoms. The lowest BCUT2D eigenvalue weighted by Gasteiger charge is -2.20. The average Bonchev–Trinajstić information content (AvgIpc) is 3.25. The summed E-state index contributed by atoms with van der Waals surface area (Å²) in [5.74, 6) is -0.167. The molecule has 2 heterocycles. The number of benzene rings is 1. The molecular formula is C17H19F2N3O5. The first kappa shape index (κ1) is 19.0. The average molecular weight is 383 g/mol. The molecule has 10 heteroatoms. The quantitative estimate of drug-likeness (QED) is 0.743. The Morgan fingerprint density at radius 2 is 2.26 bits per heavy atom. The van der Waals surface area contributed by atoms with Gasteiger partial charge in [-0.05, 0) is 37.6 Å². The van der Waals surface area contributed by atoms with Crippen molar-refractivity contribution in [3.05, 3.63) is 24.1 Å². The topological polar surface area (TPSA) is 97.9 Å². The fourth-order valence-corrected chi connectivity index (χ4v) is 3.15. The van der Waals surface area contributed by atoms with E-state index >= 15 is 0 Å². The van der Waals surface area contributed by atoms with E-state index < -0.39 is 12.6 Å². The molecule has 0 aliphatic carbocycles. The van der Waals surface area contributed by atoms with Crippen LogP contribution in [0.5, 0.6) is 11.5 Å². The molecule has 1 atom stereocenters. The van der Waals surface area contributed by atoms with E-state index in [2.05, 4.69) is 14.9 Å². The van der Waals surface area contributed by atoms with Gasteiger partial charge in [-0.2, -0.15) is 13.8 Å². The number of hydrogen-bond donors (Lipinski definition) is 1. The van der Waals surface area contributed by atoms with Crippen LogP contribution in [0.3, 0.4) is 0 Å². The lowest BCUT2D eigenvalue weighted by atomic mass is 10.1. The molecule has 0 radical (unpaired) electrons. The number of carbonyl (C=O) groups is 1. The van der Waals surface area contributed by atoms with Crippen molar-refractivity contribution in [3.8, 4) is 22.9 Å². The second kappa shape index (κ2) is 8.30. The zero-order valence-electron chi connectivity index (χ0n) is 14.6. The van der Waals surface area contributed by atoms with Gasteiger partial charge < -0.3 is 19.1 Å². The SMILES string of the molecule is COc1cc(-c2noc(CN3CCCC3CC(=O)O)n2)ccc1OC(F)F. The summed E-state index contributed by atoms with van der Waals surface area (Å²) in [4.78, 5) is 17.3. The van der Waals surface area contributed by atoms with Gasteiger partial charge in [-0.1, -0.05) is 5.16 Å². The van der Waals surface area contributed by atoms with Gasteiger partial charge in [0.15, 0.2) is 11.5 Å². The molecule has 0 amide bonds. The second-order valence-electron chi connectivity index (χ2n) is 6.12. The molecule has 1 aliphatic rings. The summed E-state index contributed by atoms with van der Waals surface area (Å²) in [6, 6.07) is 4.30. The minimum Gasteiger partial charge on any atom is -0.493 e. The van der Waals surface area contributed by atoms with E-state index in [4.69, 9.17) is 14.4 Å². The number of halogens is 2. The predicted molar refractivity (Wildman–Crippen MR) is 88.6 cm³/mol. The van der Waals surface area contributed by atoms with Gasteiger partial charge >= 0.3 is 12.6 Å². The monoisotopic (exact) mass is 383 g/mol. The Hall–Kier alpha value is -2.75. The van der Waals surface area contributed by atoms with E-state index in [9.17, 15) is 13.6 Å². The summed E-state index contributed by atoms with van der Waals surface area (Å²) in [6.07, 6.45) is 1.81. The van der Waals surface area contributed by atoms with Crippen LogP contribution < -0.4 is 9.47 Å². The summed E-state index contributed by atoms with van der Waals surface area (Å²) in [6.45, 7) is -1.83. The molecule has 3 rings (SSSR count). The molecule has 0 spiro atoms. The minimum atomic E-state index is -2.96. The van der Waals surface area contributed by atoms with Crippen molar-refractivity contribution in [1.29, 1.82) is 0 Å². The van der Waals surface area contributed by atoms with Crippen LogP contribution in [0, 0.1) is 0 Å². The lowest BCUT2D eigenvalue weighted by molar-refractivity contribution is -0.138. The Morgan fingerprint density at radius 1 is 1.44 bits per heavy atom. The molecular weight excluding hydrogens is 364 g/mol. The van der Waals surface area contributed by atoms with Crippen molar-refractivity contribution in [2.45, 2.75) is 38.5 Å². The standard InChI is InChI=1S/C17H19F2N3O5/c1-25-13-7-10(4-5-12(13)26-17(18)19)16-20-14(27-21-16)9-22-6-2-3-11(22)8-15(23)24/h4-5,7,11,17H,2-3,6,8-9H2,1H3,(H,23,24). The van der Waals surface area contributed by atoms with E-state index in [1.807, 2.05) is 4.90 Å². The van der Waals surface area contributed by atoms with Crippen molar-refractivity contribution in [3.63, 3.8) is 0 Å². The van der Waals surface area contributed by atoms with Crippen LogP contribution in [-0.2, 0) is 11.3 Å². The van der Waals surface area contributed by atoms with E-state index in [1.165, 1.54) is 25.3 Å². The number of ether oxygens (including phenoxy) is 2. The third-order valence-electron chi connectivity index (χ3n) is 4.35. The van der Waals surface area contributed by atoms with Gasteiger partial charge in [0.1, 0.15) is 0 Å². The maximum Gasteiger partial charge on any atom is 0.387 e. The van der Waals surface area contributed by atoms with Crippen LogP contribution >= 0.6 is 0 Å². The third kappa shape index (κ3) is 4.70. The maximum absolute atomic E-state index is 12.4. The molecule has 1 aliphatic heterocycles. The number of aliphatic carboxylic acids is 1. The predicted octanol–water partition coefficient (Wildman–Crippen LogP) is 2.79. The molecule has 1 unspecified atom stereocenters. The molecule has 27 heavy (non-hydrogen) atoms. The number of methoxy groups -OCH3 is 1. The number of rotatable bonds is 8. The van der Waals surface area contributed by atoms with Gasteiger partial charge in [0.05, 0.1) is 20.1 Å². The maximum atomic E-state index is 12.4. The van der Waals surface area contributed by atoms with Crippen molar-refractivity contribution in [1.82, 2.24) is 15.0 Å². The third-order valence-corrected chi connectivity index (χ3v) is 4.35. The normalized spacial score (nSPS) is 17.4. The van der Waals surface area contributed by atoms with Gasteiger partial charge in [0, 0.05) is 11.6 Å². The number of carboxylic acid groups (broad SMARTS) is 1. The Balaban J connectivity index is 1.73. The first-order valence-corrected chi connectivity index (χ1v) is 8.38. The van der Waals surface area contributed by atoms with Crippen LogP contribution in [-0.4, -0.2) is 52.4 Å². The zero-order chi connectivity index (χ0) is 19.4. The smallest absolute Gasteiger partial charge is 0.387 e. The highest BCUT2D eigenvalue weighted by molar-refractivity contribution is 5.67. The fraction of sp³-hybridized carbons (Fsp3) is 0.471. The fourth-order valence-electron chi connectivity index (χ4n) is 3.15. The molecule has 1 aromatic heterocycles. The molecule has 1 saturated heterocycles. The number of aromatic nitrogens is 2. The number of nitrogens with zero attached hydrogens (tertiary/aromatic N) is 3. The zero-order valence-corrected chi connectivity index (χ0v) is 14.6. The molecule has 2 aromatic rings. The first-order chi connectivity index (χ1) is 13.0. The Labute approximate surface area is 153 Å². The van der Waals surface area contributed by atoms with Crippen LogP contribution in [0.25, 0.3) is 11.4 Å². The van der Waals surface area contributed by atoms with E-state index in [1.54, 1.807) is 0 Å². The molecule has 8 nitrogen and oxygen atoms in total. The Kier molecular flexibility index (Phi) is 5.84. The highest BCUT2D eigenvalue weighted by Crippen LogP contribution is 2.32. The second-order valence-corrected chi connectivity index (χ2v) is 6.12.